The van der Waals surface area contributed by atoms with Crippen molar-refractivity contribution < 1.29 is 14.3 Å². The van der Waals surface area contributed by atoms with Crippen molar-refractivity contribution in [2.45, 2.75) is 34.6 Å². The average molecular weight is 353 g/mol. The molecule has 6 nitrogen and oxygen atoms in total. The zero-order chi connectivity index (χ0) is 19.0. The molecule has 0 spiro atoms. The number of esters is 1. The van der Waals surface area contributed by atoms with Crippen LogP contribution in [-0.2, 0) is 11.8 Å². The Labute approximate surface area is 152 Å². The molecule has 0 amide bonds. The smallest absolute Gasteiger partial charge is 0.349 e. The summed E-state index contributed by atoms with van der Waals surface area (Å²) in [5, 5.41) is 5.16. The van der Waals surface area contributed by atoms with Crippen LogP contribution in [0.4, 0.5) is 0 Å². The average Bonchev–Trinajstić information content (AvgIpc) is 2.85. The monoisotopic (exact) mass is 353 g/mol. The number of hydrogen-bond acceptors (Lipinski definition) is 5. The lowest BCUT2D eigenvalue weighted by atomic mass is 10.1. The highest BCUT2D eigenvalue weighted by Crippen LogP contribution is 2.28. The third-order valence-electron chi connectivity index (χ3n) is 4.23. The topological polar surface area (TPSA) is 66.2 Å². The highest BCUT2D eigenvalue weighted by atomic mass is 16.6. The van der Waals surface area contributed by atoms with Gasteiger partial charge in [0.05, 0.1) is 5.39 Å². The predicted molar refractivity (Wildman–Crippen MR) is 99.8 cm³/mol. The van der Waals surface area contributed by atoms with Crippen LogP contribution in [0.1, 0.15) is 27.9 Å². The van der Waals surface area contributed by atoms with Gasteiger partial charge in [-0.05, 0) is 57.4 Å². The number of aromatic nitrogens is 3. The molecule has 0 saturated heterocycles. The molecule has 0 N–H and O–H groups in total. The Hall–Kier alpha value is -2.89. The molecule has 0 aliphatic carbocycles. The second-order valence-corrected chi connectivity index (χ2v) is 6.70. The van der Waals surface area contributed by atoms with Gasteiger partial charge in [-0.2, -0.15) is 0 Å². The lowest BCUT2D eigenvalue weighted by Crippen LogP contribution is -2.19. The van der Waals surface area contributed by atoms with Crippen molar-refractivity contribution in [3.8, 4) is 11.6 Å². The van der Waals surface area contributed by atoms with Crippen LogP contribution in [-0.4, -0.2) is 27.3 Å². The molecule has 0 atom stereocenters. The molecule has 3 aromatic rings. The highest BCUT2D eigenvalue weighted by molar-refractivity contribution is 5.85. The fourth-order valence-electron chi connectivity index (χ4n) is 3.25. The zero-order valence-corrected chi connectivity index (χ0v) is 16.0. The van der Waals surface area contributed by atoms with Crippen LogP contribution < -0.4 is 9.47 Å². The van der Waals surface area contributed by atoms with E-state index < -0.39 is 5.97 Å². The molecular formula is C20H23N3O3. The summed E-state index contributed by atoms with van der Waals surface area (Å²) in [7, 11) is 1.80. The van der Waals surface area contributed by atoms with Crippen LogP contribution in [0.25, 0.3) is 11.0 Å². The lowest BCUT2D eigenvalue weighted by molar-refractivity contribution is -0.136. The van der Waals surface area contributed by atoms with E-state index in [1.54, 1.807) is 11.7 Å². The van der Waals surface area contributed by atoms with Gasteiger partial charge in [-0.15, -0.1) is 5.10 Å². The first kappa shape index (κ1) is 17.9. The van der Waals surface area contributed by atoms with E-state index in [4.69, 9.17) is 9.47 Å². The number of aryl methyl sites for hydroxylation is 6. The standard InChI is InChI=1S/C20H23N3O3/c1-11-7-13(3)18(14(4)8-11)26-16(24)10-25-20-17-12(2)9-15(5)21-19(17)23(6)22-20/h7-9H,10H2,1-6H3. The second kappa shape index (κ2) is 6.78. The molecule has 0 fully saturated rings. The molecule has 2 aromatic heterocycles. The van der Waals surface area contributed by atoms with E-state index in [1.165, 1.54) is 0 Å². The van der Waals surface area contributed by atoms with E-state index in [-0.39, 0.29) is 6.61 Å². The molecule has 1 aromatic carbocycles. The number of ether oxygens (including phenoxy) is 2. The fraction of sp³-hybridized carbons (Fsp3) is 0.350. The van der Waals surface area contributed by atoms with Gasteiger partial charge in [-0.25, -0.2) is 14.5 Å². The van der Waals surface area contributed by atoms with E-state index in [1.807, 2.05) is 52.8 Å². The highest BCUT2D eigenvalue weighted by Gasteiger charge is 2.17. The van der Waals surface area contributed by atoms with Crippen LogP contribution >= 0.6 is 0 Å². The van der Waals surface area contributed by atoms with Gasteiger partial charge < -0.3 is 9.47 Å². The summed E-state index contributed by atoms with van der Waals surface area (Å²) in [6.45, 7) is 9.55. The Morgan fingerprint density at radius 1 is 1.04 bits per heavy atom. The lowest BCUT2D eigenvalue weighted by Gasteiger charge is -2.11. The van der Waals surface area contributed by atoms with Gasteiger partial charge in [-0.3, -0.25) is 0 Å². The normalized spacial score (nSPS) is 11.0. The van der Waals surface area contributed by atoms with Gasteiger partial charge in [0.1, 0.15) is 5.75 Å². The van der Waals surface area contributed by atoms with Crippen LogP contribution in [0.5, 0.6) is 11.6 Å². The van der Waals surface area contributed by atoms with Crippen molar-refractivity contribution >= 4 is 17.0 Å². The maximum absolute atomic E-state index is 12.3. The van der Waals surface area contributed by atoms with Gasteiger partial charge in [0.15, 0.2) is 12.3 Å². The van der Waals surface area contributed by atoms with Crippen molar-refractivity contribution in [2.24, 2.45) is 7.05 Å². The molecule has 3 rings (SSSR count). The summed E-state index contributed by atoms with van der Waals surface area (Å²) >= 11 is 0. The van der Waals surface area contributed by atoms with Gasteiger partial charge in [0, 0.05) is 12.7 Å². The summed E-state index contributed by atoms with van der Waals surface area (Å²) in [4.78, 5) is 16.7. The number of hydrogen-bond donors (Lipinski definition) is 0. The first-order chi connectivity index (χ1) is 12.3. The van der Waals surface area contributed by atoms with Gasteiger partial charge >= 0.3 is 5.97 Å². The SMILES string of the molecule is Cc1cc(C)c(OC(=O)COc2nn(C)c3nc(C)cc(C)c23)c(C)c1. The Morgan fingerprint density at radius 2 is 1.69 bits per heavy atom. The quantitative estimate of drug-likeness (QED) is 0.530. The number of benzene rings is 1. The minimum Gasteiger partial charge on any atom is -0.464 e. The number of nitrogens with zero attached hydrogens (tertiary/aromatic N) is 3. The van der Waals surface area contributed by atoms with Gasteiger partial charge in [-0.1, -0.05) is 17.7 Å². The number of pyridine rings is 1. The zero-order valence-electron chi connectivity index (χ0n) is 16.0. The molecular weight excluding hydrogens is 330 g/mol. The van der Waals surface area contributed by atoms with Crippen molar-refractivity contribution in [2.75, 3.05) is 6.61 Å². The fourth-order valence-corrected chi connectivity index (χ4v) is 3.25. The Morgan fingerprint density at radius 3 is 2.35 bits per heavy atom. The molecule has 136 valence electrons. The summed E-state index contributed by atoms with van der Waals surface area (Å²) in [5.74, 6) is 0.516. The summed E-state index contributed by atoms with van der Waals surface area (Å²) in [6.07, 6.45) is 0. The van der Waals surface area contributed by atoms with Crippen molar-refractivity contribution in [3.63, 3.8) is 0 Å². The van der Waals surface area contributed by atoms with E-state index in [0.717, 1.165) is 39.0 Å². The predicted octanol–water partition coefficient (Wildman–Crippen LogP) is 3.49. The summed E-state index contributed by atoms with van der Waals surface area (Å²) in [6, 6.07) is 5.94. The molecule has 2 heterocycles. The van der Waals surface area contributed by atoms with Crippen LogP contribution in [0.15, 0.2) is 18.2 Å². The minimum atomic E-state index is -0.461. The first-order valence-corrected chi connectivity index (χ1v) is 8.48. The van der Waals surface area contributed by atoms with Gasteiger partial charge in [0.25, 0.3) is 0 Å². The van der Waals surface area contributed by atoms with E-state index >= 15 is 0 Å². The maximum Gasteiger partial charge on any atom is 0.349 e. The summed E-state index contributed by atoms with van der Waals surface area (Å²) < 4.78 is 12.8. The Bertz CT molecular complexity index is 982. The molecule has 0 bridgehead atoms. The maximum atomic E-state index is 12.3. The van der Waals surface area contributed by atoms with Crippen molar-refractivity contribution in [1.82, 2.24) is 14.8 Å². The molecule has 6 heteroatoms. The number of fused-ring (bicyclic) bond motifs is 1. The van der Waals surface area contributed by atoms with Crippen LogP contribution in [0.2, 0.25) is 0 Å². The number of carbonyl (C=O) groups is 1. The third kappa shape index (κ3) is 3.40. The molecule has 0 radical (unpaired) electrons. The first-order valence-electron chi connectivity index (χ1n) is 8.48. The molecule has 26 heavy (non-hydrogen) atoms. The Kier molecular flexibility index (Phi) is 4.68. The van der Waals surface area contributed by atoms with E-state index in [2.05, 4.69) is 10.1 Å². The Balaban J connectivity index is 1.78. The minimum absolute atomic E-state index is 0.216. The van der Waals surface area contributed by atoms with E-state index in [0.29, 0.717) is 11.6 Å². The van der Waals surface area contributed by atoms with Crippen molar-refractivity contribution in [3.05, 3.63) is 46.1 Å². The third-order valence-corrected chi connectivity index (χ3v) is 4.23. The van der Waals surface area contributed by atoms with E-state index in [9.17, 15) is 4.79 Å². The van der Waals surface area contributed by atoms with Crippen LogP contribution in [0.3, 0.4) is 0 Å². The van der Waals surface area contributed by atoms with Crippen molar-refractivity contribution in [1.29, 1.82) is 0 Å². The molecule has 0 aliphatic rings. The number of carbonyl (C=O) groups excluding carboxylic acids is 1. The summed E-state index contributed by atoms with van der Waals surface area (Å²) in [5.41, 5.74) is 5.64. The molecule has 0 saturated carbocycles. The number of rotatable bonds is 4. The largest absolute Gasteiger partial charge is 0.464 e. The van der Waals surface area contributed by atoms with Crippen LogP contribution in [0, 0.1) is 34.6 Å². The molecule has 0 aliphatic heterocycles. The second-order valence-electron chi connectivity index (χ2n) is 6.70. The van der Waals surface area contributed by atoms with Gasteiger partial charge in [0.2, 0.25) is 5.88 Å². The molecule has 0 unspecified atom stereocenters.